The molecule has 1 aromatic carbocycles. The number of nitrogens with two attached hydrogens (primary N) is 1. The smallest absolute Gasteiger partial charge is 0.0974 e. The maximum absolute atomic E-state index is 5.79. The van der Waals surface area contributed by atoms with Crippen molar-refractivity contribution in [2.24, 2.45) is 0 Å². The Balaban J connectivity index is 1.83. The van der Waals surface area contributed by atoms with Crippen LogP contribution in [0.5, 0.6) is 0 Å². The van der Waals surface area contributed by atoms with Gasteiger partial charge in [-0.05, 0) is 43.4 Å². The van der Waals surface area contributed by atoms with E-state index in [1.807, 2.05) is 29.5 Å². The van der Waals surface area contributed by atoms with E-state index in [9.17, 15) is 0 Å². The second kappa shape index (κ2) is 4.49. The van der Waals surface area contributed by atoms with Crippen LogP contribution in [-0.4, -0.2) is 4.98 Å². The minimum Gasteiger partial charge on any atom is -0.399 e. The molecular formula is C14H16N2S. The van der Waals surface area contributed by atoms with Gasteiger partial charge in [-0.3, -0.25) is 0 Å². The first kappa shape index (κ1) is 10.8. The topological polar surface area (TPSA) is 38.9 Å². The summed E-state index contributed by atoms with van der Waals surface area (Å²) in [5.74, 6) is 0. The number of thiazole rings is 1. The molecule has 1 aliphatic rings. The van der Waals surface area contributed by atoms with Gasteiger partial charge in [0.2, 0.25) is 0 Å². The molecule has 2 nitrogen and oxygen atoms in total. The number of aromatic nitrogens is 1. The largest absolute Gasteiger partial charge is 0.399 e. The van der Waals surface area contributed by atoms with Crippen LogP contribution < -0.4 is 5.73 Å². The van der Waals surface area contributed by atoms with Gasteiger partial charge >= 0.3 is 0 Å². The predicted molar refractivity (Wildman–Crippen MR) is 72.4 cm³/mol. The van der Waals surface area contributed by atoms with Crippen LogP contribution in [0.2, 0.25) is 0 Å². The number of nitrogens with zero attached hydrogens (tertiary/aromatic N) is 1. The Kier molecular flexibility index (Phi) is 2.85. The number of anilines is 1. The summed E-state index contributed by atoms with van der Waals surface area (Å²) < 4.78 is 0. The minimum atomic E-state index is 0.837. The Labute approximate surface area is 106 Å². The second-order valence-corrected chi connectivity index (χ2v) is 5.77. The van der Waals surface area contributed by atoms with Crippen LogP contribution in [0.25, 0.3) is 0 Å². The molecule has 1 heterocycles. The van der Waals surface area contributed by atoms with E-state index in [2.05, 4.69) is 6.07 Å². The zero-order valence-corrected chi connectivity index (χ0v) is 10.6. The maximum Gasteiger partial charge on any atom is 0.0974 e. The molecule has 0 radical (unpaired) electrons. The highest BCUT2D eigenvalue weighted by molar-refractivity contribution is 7.11. The van der Waals surface area contributed by atoms with Crippen molar-refractivity contribution in [2.75, 3.05) is 5.73 Å². The fourth-order valence-electron chi connectivity index (χ4n) is 2.36. The molecule has 0 atom stereocenters. The van der Waals surface area contributed by atoms with Crippen molar-refractivity contribution in [2.45, 2.75) is 32.1 Å². The number of hydrogen-bond acceptors (Lipinski definition) is 3. The van der Waals surface area contributed by atoms with Gasteiger partial charge in [-0.1, -0.05) is 12.1 Å². The van der Waals surface area contributed by atoms with Crippen molar-refractivity contribution in [3.05, 3.63) is 45.4 Å². The third-order valence-electron chi connectivity index (χ3n) is 3.20. The predicted octanol–water partition coefficient (Wildman–Crippen LogP) is 3.19. The molecule has 1 aromatic heterocycles. The summed E-state index contributed by atoms with van der Waals surface area (Å²) in [6.07, 6.45) is 5.94. The lowest BCUT2D eigenvalue weighted by Crippen LogP contribution is -1.99. The van der Waals surface area contributed by atoms with Gasteiger partial charge in [0.25, 0.3) is 0 Å². The van der Waals surface area contributed by atoms with Gasteiger partial charge in [-0.15, -0.1) is 11.3 Å². The molecule has 0 bridgehead atoms. The zero-order chi connectivity index (χ0) is 11.7. The van der Waals surface area contributed by atoms with Gasteiger partial charge in [0, 0.05) is 17.0 Å². The molecule has 3 rings (SSSR count). The Hall–Kier alpha value is -1.35. The van der Waals surface area contributed by atoms with Gasteiger partial charge in [-0.25, -0.2) is 4.98 Å². The summed E-state index contributed by atoms with van der Waals surface area (Å²) in [5.41, 5.74) is 9.24. The van der Waals surface area contributed by atoms with Gasteiger partial charge in [-0.2, -0.15) is 0 Å². The number of hydrogen-bond donors (Lipinski definition) is 1. The average molecular weight is 244 g/mol. The van der Waals surface area contributed by atoms with E-state index >= 15 is 0 Å². The van der Waals surface area contributed by atoms with Crippen molar-refractivity contribution < 1.29 is 0 Å². The van der Waals surface area contributed by atoms with E-state index in [-0.39, 0.29) is 0 Å². The third-order valence-corrected chi connectivity index (χ3v) is 4.35. The number of nitrogen functional groups attached to an aromatic ring is 1. The summed E-state index contributed by atoms with van der Waals surface area (Å²) in [4.78, 5) is 6.26. The van der Waals surface area contributed by atoms with Crippen molar-refractivity contribution in [1.82, 2.24) is 4.98 Å². The molecule has 1 aliphatic carbocycles. The van der Waals surface area contributed by atoms with Crippen molar-refractivity contribution in [3.8, 4) is 0 Å². The van der Waals surface area contributed by atoms with Crippen LogP contribution in [0.1, 0.15) is 34.0 Å². The van der Waals surface area contributed by atoms with E-state index in [1.165, 1.54) is 46.8 Å². The van der Waals surface area contributed by atoms with Crippen LogP contribution in [0.3, 0.4) is 0 Å². The summed E-state index contributed by atoms with van der Waals surface area (Å²) in [6, 6.07) is 8.10. The van der Waals surface area contributed by atoms with E-state index in [0.29, 0.717) is 0 Å². The van der Waals surface area contributed by atoms with Crippen molar-refractivity contribution in [1.29, 1.82) is 0 Å². The van der Waals surface area contributed by atoms with E-state index in [0.717, 1.165) is 12.1 Å². The molecule has 0 saturated carbocycles. The molecule has 0 spiro atoms. The van der Waals surface area contributed by atoms with Crippen molar-refractivity contribution in [3.63, 3.8) is 0 Å². The van der Waals surface area contributed by atoms with Gasteiger partial charge < -0.3 is 5.73 Å². The van der Waals surface area contributed by atoms with Gasteiger partial charge in [0.15, 0.2) is 0 Å². The number of benzene rings is 1. The molecule has 3 heteroatoms. The molecule has 88 valence electrons. The lowest BCUT2D eigenvalue weighted by Gasteiger charge is -2.06. The lowest BCUT2D eigenvalue weighted by molar-refractivity contribution is 0.681. The number of rotatable bonds is 2. The lowest BCUT2D eigenvalue weighted by atomic mass is 10.0. The molecule has 0 saturated heterocycles. The van der Waals surface area contributed by atoms with Crippen LogP contribution in [0, 0.1) is 0 Å². The van der Waals surface area contributed by atoms with Gasteiger partial charge in [0.1, 0.15) is 0 Å². The number of aryl methyl sites for hydroxylation is 2. The van der Waals surface area contributed by atoms with Crippen LogP contribution in [0.15, 0.2) is 24.3 Å². The van der Waals surface area contributed by atoms with E-state index in [4.69, 9.17) is 10.7 Å². The summed E-state index contributed by atoms with van der Waals surface area (Å²) in [5, 5.41) is 1.24. The standard InChI is InChI=1S/C14H16N2S/c15-11-5-3-4-10(8-11)9-14-16-12-6-1-2-7-13(12)17-14/h3-5,8H,1-2,6-7,9,15H2. The first-order valence-corrected chi connectivity index (χ1v) is 6.95. The monoisotopic (exact) mass is 244 g/mol. The summed E-state index contributed by atoms with van der Waals surface area (Å²) >= 11 is 1.88. The SMILES string of the molecule is Nc1cccc(Cc2nc3c(s2)CCCC3)c1. The zero-order valence-electron chi connectivity index (χ0n) is 9.78. The second-order valence-electron chi connectivity index (χ2n) is 4.61. The van der Waals surface area contributed by atoms with E-state index in [1.54, 1.807) is 0 Å². The Morgan fingerprint density at radius 1 is 1.24 bits per heavy atom. The fraction of sp³-hybridized carbons (Fsp3) is 0.357. The highest BCUT2D eigenvalue weighted by Crippen LogP contribution is 2.28. The molecule has 2 N–H and O–H groups in total. The Bertz CT molecular complexity index is 507. The minimum absolute atomic E-state index is 0.837. The van der Waals surface area contributed by atoms with E-state index < -0.39 is 0 Å². The van der Waals surface area contributed by atoms with Gasteiger partial charge in [0.05, 0.1) is 10.7 Å². The summed E-state index contributed by atoms with van der Waals surface area (Å²) in [7, 11) is 0. The first-order chi connectivity index (χ1) is 8.31. The molecule has 0 amide bonds. The Morgan fingerprint density at radius 3 is 2.94 bits per heavy atom. The normalized spacial score (nSPS) is 14.6. The first-order valence-electron chi connectivity index (χ1n) is 6.13. The molecule has 0 aliphatic heterocycles. The van der Waals surface area contributed by atoms with Crippen LogP contribution >= 0.6 is 11.3 Å². The molecule has 17 heavy (non-hydrogen) atoms. The molecule has 0 unspecified atom stereocenters. The molecule has 0 fully saturated rings. The summed E-state index contributed by atoms with van der Waals surface area (Å²) in [6.45, 7) is 0. The molecule has 2 aromatic rings. The van der Waals surface area contributed by atoms with Crippen LogP contribution in [0.4, 0.5) is 5.69 Å². The highest BCUT2D eigenvalue weighted by Gasteiger charge is 2.14. The molecular weight excluding hydrogens is 228 g/mol. The average Bonchev–Trinajstić information content (AvgIpc) is 2.71. The van der Waals surface area contributed by atoms with Crippen molar-refractivity contribution >= 4 is 17.0 Å². The quantitative estimate of drug-likeness (QED) is 0.824. The fourth-order valence-corrected chi connectivity index (χ4v) is 3.55. The van der Waals surface area contributed by atoms with Crippen LogP contribution in [-0.2, 0) is 19.3 Å². The third kappa shape index (κ3) is 2.34. The Morgan fingerprint density at radius 2 is 2.12 bits per heavy atom. The number of fused-ring (bicyclic) bond motifs is 1. The highest BCUT2D eigenvalue weighted by atomic mass is 32.1. The maximum atomic E-state index is 5.79.